The van der Waals surface area contributed by atoms with Gasteiger partial charge >= 0.3 is 6.03 Å². The van der Waals surface area contributed by atoms with Gasteiger partial charge in [-0.3, -0.25) is 19.9 Å². The van der Waals surface area contributed by atoms with Crippen LogP contribution < -0.4 is 10.2 Å². The Morgan fingerprint density at radius 2 is 1.74 bits per heavy atom. The summed E-state index contributed by atoms with van der Waals surface area (Å²) >= 11 is 0. The second-order valence-electron chi connectivity index (χ2n) is 8.62. The van der Waals surface area contributed by atoms with Gasteiger partial charge in [0.1, 0.15) is 18.5 Å². The van der Waals surface area contributed by atoms with Crippen LogP contribution in [-0.2, 0) is 11.2 Å². The zero-order valence-corrected chi connectivity index (χ0v) is 18.1. The van der Waals surface area contributed by atoms with E-state index in [4.69, 9.17) is 0 Å². The van der Waals surface area contributed by atoms with Gasteiger partial charge in [-0.05, 0) is 37.0 Å². The Morgan fingerprint density at radius 3 is 2.52 bits per heavy atom. The van der Waals surface area contributed by atoms with E-state index in [9.17, 15) is 9.59 Å². The molecule has 2 aromatic rings. The molecule has 7 heteroatoms. The molecule has 31 heavy (non-hydrogen) atoms. The van der Waals surface area contributed by atoms with Crippen LogP contribution in [0.3, 0.4) is 0 Å². The zero-order valence-electron chi connectivity index (χ0n) is 18.1. The number of nitrogens with zero attached hydrogens (tertiary/aromatic N) is 4. The van der Waals surface area contributed by atoms with E-state index in [-0.39, 0.29) is 30.4 Å². The fraction of sp³-hybridized carbons (Fsp3) is 0.417. The molecule has 3 aliphatic rings. The molecule has 3 unspecified atom stereocenters. The number of hydrogen-bond acceptors (Lipinski definition) is 5. The van der Waals surface area contributed by atoms with Crippen molar-refractivity contribution in [3.63, 3.8) is 0 Å². The van der Waals surface area contributed by atoms with Crippen LogP contribution in [-0.4, -0.2) is 71.8 Å². The van der Waals surface area contributed by atoms with Crippen LogP contribution in [0.5, 0.6) is 0 Å². The number of fused-ring (bicyclic) bond motifs is 3. The van der Waals surface area contributed by atoms with Crippen molar-refractivity contribution in [1.82, 2.24) is 20.0 Å². The van der Waals surface area contributed by atoms with Crippen molar-refractivity contribution in [3.05, 3.63) is 65.7 Å². The van der Waals surface area contributed by atoms with Crippen molar-refractivity contribution in [2.75, 3.05) is 31.6 Å². The molecule has 2 aromatic carbocycles. The summed E-state index contributed by atoms with van der Waals surface area (Å²) in [6.45, 7) is 4.27. The molecule has 3 amide bonds. The maximum Gasteiger partial charge on any atom is 0.327 e. The number of carbonyl (C=O) groups is 2. The lowest BCUT2D eigenvalue weighted by atomic mass is 10.1. The summed E-state index contributed by atoms with van der Waals surface area (Å²) in [7, 11) is 1.80. The number of para-hydroxylation sites is 1. The molecule has 0 radical (unpaired) electrons. The van der Waals surface area contributed by atoms with Crippen LogP contribution in [0.1, 0.15) is 17.5 Å². The predicted octanol–water partition coefficient (Wildman–Crippen LogP) is 2.23. The summed E-state index contributed by atoms with van der Waals surface area (Å²) in [6, 6.07) is 17.7. The number of imide groups is 1. The van der Waals surface area contributed by atoms with Gasteiger partial charge in [0.05, 0.1) is 0 Å². The highest BCUT2D eigenvalue weighted by Gasteiger charge is 2.56. The fourth-order valence-corrected chi connectivity index (χ4v) is 5.14. The monoisotopic (exact) mass is 419 g/mol. The maximum atomic E-state index is 13.5. The number of benzene rings is 2. The molecule has 0 aliphatic carbocycles. The molecule has 0 saturated carbocycles. The third-order valence-corrected chi connectivity index (χ3v) is 6.76. The van der Waals surface area contributed by atoms with Crippen LogP contribution in [0.4, 0.5) is 10.5 Å². The first-order valence-electron chi connectivity index (χ1n) is 11.0. The normalized spacial score (nSPS) is 26.3. The van der Waals surface area contributed by atoms with Gasteiger partial charge in [-0.15, -0.1) is 0 Å². The minimum Gasteiger partial charge on any atom is -0.343 e. The first kappa shape index (κ1) is 20.0. The summed E-state index contributed by atoms with van der Waals surface area (Å²) in [5.74, 6) is -0.0920. The van der Waals surface area contributed by atoms with E-state index in [1.165, 1.54) is 16.2 Å². The molecule has 3 atom stereocenters. The SMILES string of the molecule is Cc1ccccc1N1CCCN2C3C(=O)N(CCc4ccccc4)C(=O)N(C)C3NC12. The molecule has 0 spiro atoms. The van der Waals surface area contributed by atoms with E-state index < -0.39 is 0 Å². The third kappa shape index (κ3) is 3.38. The smallest absolute Gasteiger partial charge is 0.327 e. The molecule has 0 aromatic heterocycles. The summed E-state index contributed by atoms with van der Waals surface area (Å²) in [5, 5.41) is 3.59. The number of nitrogens with one attached hydrogen (secondary N) is 1. The Hall–Kier alpha value is -2.90. The molecule has 3 aliphatic heterocycles. The van der Waals surface area contributed by atoms with Crippen LogP contribution in [0, 0.1) is 6.92 Å². The average Bonchev–Trinajstić information content (AvgIpc) is 3.19. The first-order valence-corrected chi connectivity index (χ1v) is 11.0. The molecule has 5 rings (SSSR count). The molecular weight excluding hydrogens is 390 g/mol. The van der Waals surface area contributed by atoms with Crippen molar-refractivity contribution in [3.8, 4) is 0 Å². The molecule has 1 N–H and O–H groups in total. The number of hydrogen-bond donors (Lipinski definition) is 1. The Labute approximate surface area is 183 Å². The Balaban J connectivity index is 1.40. The lowest BCUT2D eigenvalue weighted by Gasteiger charge is -2.44. The van der Waals surface area contributed by atoms with E-state index in [1.54, 1.807) is 11.9 Å². The average molecular weight is 420 g/mol. The molecule has 0 bridgehead atoms. The Bertz CT molecular complexity index is 981. The molecule has 7 nitrogen and oxygen atoms in total. The number of rotatable bonds is 4. The first-order chi connectivity index (χ1) is 15.1. The van der Waals surface area contributed by atoms with Gasteiger partial charge in [-0.2, -0.15) is 0 Å². The van der Waals surface area contributed by atoms with Crippen LogP contribution in [0.25, 0.3) is 0 Å². The topological polar surface area (TPSA) is 59.1 Å². The highest BCUT2D eigenvalue weighted by atomic mass is 16.2. The van der Waals surface area contributed by atoms with Crippen molar-refractivity contribution < 1.29 is 9.59 Å². The van der Waals surface area contributed by atoms with Gasteiger partial charge in [0.2, 0.25) is 0 Å². The van der Waals surface area contributed by atoms with Crippen molar-refractivity contribution in [1.29, 1.82) is 0 Å². The number of carbonyl (C=O) groups excluding carboxylic acids is 2. The van der Waals surface area contributed by atoms with Crippen LogP contribution in [0.15, 0.2) is 54.6 Å². The van der Waals surface area contributed by atoms with E-state index in [0.717, 1.165) is 25.1 Å². The van der Waals surface area contributed by atoms with E-state index >= 15 is 0 Å². The summed E-state index contributed by atoms with van der Waals surface area (Å²) in [6.07, 6.45) is 1.22. The van der Waals surface area contributed by atoms with E-state index in [0.29, 0.717) is 13.0 Å². The zero-order chi connectivity index (χ0) is 21.5. The highest BCUT2D eigenvalue weighted by Crippen LogP contribution is 2.34. The van der Waals surface area contributed by atoms with Crippen molar-refractivity contribution in [2.45, 2.75) is 38.3 Å². The summed E-state index contributed by atoms with van der Waals surface area (Å²) in [4.78, 5) is 34.3. The lowest BCUT2D eigenvalue weighted by molar-refractivity contribution is -0.138. The standard InChI is InChI=1S/C24H29N5O2/c1-17-9-6-7-12-19(17)27-14-8-15-28-20-21(25-23(27)28)26(2)24(31)29(22(20)30)16-13-18-10-4-3-5-11-18/h3-7,9-12,20-21,23,25H,8,13-16H2,1-2H3. The van der Waals surface area contributed by atoms with Gasteiger partial charge in [-0.25, -0.2) is 4.79 Å². The number of anilines is 1. The summed E-state index contributed by atoms with van der Waals surface area (Å²) < 4.78 is 0. The number of aryl methyl sites for hydroxylation is 1. The van der Waals surface area contributed by atoms with Crippen molar-refractivity contribution in [2.24, 2.45) is 0 Å². The lowest BCUT2D eigenvalue weighted by Crippen LogP contribution is -2.66. The molecule has 3 fully saturated rings. The predicted molar refractivity (Wildman–Crippen MR) is 119 cm³/mol. The molecule has 162 valence electrons. The van der Waals surface area contributed by atoms with E-state index in [1.807, 2.05) is 36.4 Å². The van der Waals surface area contributed by atoms with Gasteiger partial charge in [0.25, 0.3) is 5.91 Å². The quantitative estimate of drug-likeness (QED) is 0.824. The minimum absolute atomic E-state index is 0.0920. The van der Waals surface area contributed by atoms with Gasteiger partial charge in [0, 0.05) is 32.4 Å². The number of amides is 3. The van der Waals surface area contributed by atoms with Crippen molar-refractivity contribution >= 4 is 17.6 Å². The summed E-state index contributed by atoms with van der Waals surface area (Å²) in [5.41, 5.74) is 3.51. The van der Waals surface area contributed by atoms with Gasteiger partial charge in [-0.1, -0.05) is 48.5 Å². The van der Waals surface area contributed by atoms with Gasteiger partial charge in [0.15, 0.2) is 0 Å². The third-order valence-electron chi connectivity index (χ3n) is 6.76. The molecule has 3 saturated heterocycles. The number of likely N-dealkylation sites (N-methyl/N-ethyl adjacent to an activating group) is 1. The van der Waals surface area contributed by atoms with Crippen LogP contribution >= 0.6 is 0 Å². The second-order valence-corrected chi connectivity index (χ2v) is 8.62. The number of urea groups is 1. The maximum absolute atomic E-state index is 13.5. The van der Waals surface area contributed by atoms with Crippen LogP contribution in [0.2, 0.25) is 0 Å². The second kappa shape index (κ2) is 7.98. The molecule has 3 heterocycles. The van der Waals surface area contributed by atoms with E-state index in [2.05, 4.69) is 40.2 Å². The Kier molecular flexibility index (Phi) is 5.16. The Morgan fingerprint density at radius 1 is 1.00 bits per heavy atom. The molecular formula is C24H29N5O2. The van der Waals surface area contributed by atoms with Gasteiger partial charge < -0.3 is 9.80 Å². The highest BCUT2D eigenvalue weighted by molar-refractivity contribution is 6.00. The minimum atomic E-state index is -0.365. The fourth-order valence-electron chi connectivity index (χ4n) is 5.14. The largest absolute Gasteiger partial charge is 0.343 e.